The van der Waals surface area contributed by atoms with Crippen LogP contribution in [0.1, 0.15) is 27.2 Å². The zero-order valence-corrected chi connectivity index (χ0v) is 11.2. The molecule has 0 bridgehead atoms. The first-order valence-electron chi connectivity index (χ1n) is 5.50. The van der Waals surface area contributed by atoms with Gasteiger partial charge in [0.05, 0.1) is 17.8 Å². The van der Waals surface area contributed by atoms with Gasteiger partial charge in [-0.2, -0.15) is 0 Å². The van der Waals surface area contributed by atoms with Crippen LogP contribution in [0.4, 0.5) is 5.69 Å². The summed E-state index contributed by atoms with van der Waals surface area (Å²) in [5, 5.41) is 4.06. The Morgan fingerprint density at radius 1 is 1.31 bits per heavy atom. The quantitative estimate of drug-likeness (QED) is 0.853. The number of nitrogens with one attached hydrogen (secondary N) is 1. The number of rotatable bonds is 4. The normalized spacial score (nSPS) is 11.3. The fourth-order valence-electron chi connectivity index (χ4n) is 1.34. The van der Waals surface area contributed by atoms with Gasteiger partial charge in [-0.3, -0.25) is 0 Å². The highest BCUT2D eigenvalue weighted by Gasteiger charge is 2.09. The molecule has 0 amide bonds. The number of methoxy groups -OCH3 is 1. The molecule has 1 aromatic rings. The van der Waals surface area contributed by atoms with Crippen LogP contribution in [-0.2, 0) is 0 Å². The summed E-state index contributed by atoms with van der Waals surface area (Å²) >= 11 is 6.09. The Labute approximate surface area is 103 Å². The Hall–Kier alpha value is -0.890. The minimum atomic E-state index is 0.332. The highest BCUT2D eigenvalue weighted by molar-refractivity contribution is 6.33. The van der Waals surface area contributed by atoms with Crippen molar-refractivity contribution in [3.63, 3.8) is 0 Å². The first kappa shape index (κ1) is 13.2. The number of halogens is 1. The summed E-state index contributed by atoms with van der Waals surface area (Å²) in [4.78, 5) is 0. The van der Waals surface area contributed by atoms with Crippen LogP contribution in [-0.4, -0.2) is 13.7 Å². The summed E-state index contributed by atoms with van der Waals surface area (Å²) in [5.41, 5.74) is 1.27. The second-order valence-corrected chi connectivity index (χ2v) is 5.49. The minimum absolute atomic E-state index is 0.332. The Balaban J connectivity index is 2.59. The molecule has 0 saturated heterocycles. The molecule has 16 heavy (non-hydrogen) atoms. The van der Waals surface area contributed by atoms with Crippen LogP contribution in [0.3, 0.4) is 0 Å². The largest absolute Gasteiger partial charge is 0.497 e. The van der Waals surface area contributed by atoms with E-state index in [0.717, 1.165) is 29.4 Å². The third-order valence-electron chi connectivity index (χ3n) is 2.36. The second kappa shape index (κ2) is 5.44. The maximum Gasteiger partial charge on any atom is 0.121 e. The zero-order chi connectivity index (χ0) is 12.2. The number of benzene rings is 1. The van der Waals surface area contributed by atoms with Crippen molar-refractivity contribution in [3.05, 3.63) is 23.2 Å². The fraction of sp³-hybridized carbons (Fsp3) is 0.538. The molecule has 0 unspecified atom stereocenters. The van der Waals surface area contributed by atoms with E-state index in [-0.39, 0.29) is 0 Å². The molecule has 1 aromatic carbocycles. The van der Waals surface area contributed by atoms with E-state index in [1.54, 1.807) is 7.11 Å². The summed E-state index contributed by atoms with van der Waals surface area (Å²) in [6, 6.07) is 5.63. The number of anilines is 1. The van der Waals surface area contributed by atoms with Crippen molar-refractivity contribution < 1.29 is 4.74 Å². The molecule has 3 heteroatoms. The van der Waals surface area contributed by atoms with Crippen LogP contribution in [0.2, 0.25) is 5.02 Å². The van der Waals surface area contributed by atoms with Gasteiger partial charge < -0.3 is 10.1 Å². The first-order chi connectivity index (χ1) is 7.42. The Morgan fingerprint density at radius 2 is 2.00 bits per heavy atom. The first-order valence-corrected chi connectivity index (χ1v) is 5.87. The lowest BCUT2D eigenvalue weighted by molar-refractivity contribution is 0.389. The van der Waals surface area contributed by atoms with Crippen LogP contribution >= 0.6 is 11.6 Å². The molecule has 1 rings (SSSR count). The van der Waals surface area contributed by atoms with Crippen molar-refractivity contribution in [2.24, 2.45) is 5.41 Å². The maximum atomic E-state index is 6.09. The lowest BCUT2D eigenvalue weighted by atomic mass is 9.92. The van der Waals surface area contributed by atoms with E-state index in [9.17, 15) is 0 Å². The maximum absolute atomic E-state index is 6.09. The smallest absolute Gasteiger partial charge is 0.121 e. The SMILES string of the molecule is COc1ccc(Cl)c(NCCC(C)(C)C)c1. The van der Waals surface area contributed by atoms with Gasteiger partial charge in [-0.15, -0.1) is 0 Å². The van der Waals surface area contributed by atoms with Crippen molar-refractivity contribution in [1.29, 1.82) is 0 Å². The van der Waals surface area contributed by atoms with Crippen LogP contribution in [0, 0.1) is 5.41 Å². The molecule has 2 nitrogen and oxygen atoms in total. The summed E-state index contributed by atoms with van der Waals surface area (Å²) < 4.78 is 5.16. The average Bonchev–Trinajstić information content (AvgIpc) is 2.19. The predicted molar refractivity (Wildman–Crippen MR) is 70.6 cm³/mol. The second-order valence-electron chi connectivity index (χ2n) is 5.08. The molecule has 0 aromatic heterocycles. The van der Waals surface area contributed by atoms with Crippen molar-refractivity contribution in [2.45, 2.75) is 27.2 Å². The van der Waals surface area contributed by atoms with Crippen LogP contribution in [0.15, 0.2) is 18.2 Å². The molecule has 0 heterocycles. The molecule has 0 aliphatic carbocycles. The monoisotopic (exact) mass is 241 g/mol. The molecule has 0 spiro atoms. The summed E-state index contributed by atoms with van der Waals surface area (Å²) in [7, 11) is 1.65. The van der Waals surface area contributed by atoms with Gasteiger partial charge >= 0.3 is 0 Å². The van der Waals surface area contributed by atoms with Gasteiger partial charge in [0, 0.05) is 12.6 Å². The van der Waals surface area contributed by atoms with Gasteiger partial charge in [-0.1, -0.05) is 32.4 Å². The third-order valence-corrected chi connectivity index (χ3v) is 2.69. The van der Waals surface area contributed by atoms with Crippen molar-refractivity contribution in [2.75, 3.05) is 19.0 Å². The lowest BCUT2D eigenvalue weighted by Crippen LogP contribution is -2.13. The molecular weight excluding hydrogens is 222 g/mol. The van der Waals surface area contributed by atoms with Crippen LogP contribution in [0.25, 0.3) is 0 Å². The van der Waals surface area contributed by atoms with Crippen molar-refractivity contribution in [3.8, 4) is 5.75 Å². The van der Waals surface area contributed by atoms with Crippen LogP contribution < -0.4 is 10.1 Å². The molecule has 0 fully saturated rings. The Bertz CT molecular complexity index is 344. The minimum Gasteiger partial charge on any atom is -0.497 e. The van der Waals surface area contributed by atoms with Gasteiger partial charge in [-0.05, 0) is 24.0 Å². The molecule has 0 atom stereocenters. The molecule has 0 radical (unpaired) electrons. The van der Waals surface area contributed by atoms with E-state index in [4.69, 9.17) is 16.3 Å². The van der Waals surface area contributed by atoms with Gasteiger partial charge in [-0.25, -0.2) is 0 Å². The lowest BCUT2D eigenvalue weighted by Gasteiger charge is -2.19. The molecule has 1 N–H and O–H groups in total. The van der Waals surface area contributed by atoms with Gasteiger partial charge in [0.25, 0.3) is 0 Å². The summed E-state index contributed by atoms with van der Waals surface area (Å²) in [6.07, 6.45) is 1.10. The number of hydrogen-bond acceptors (Lipinski definition) is 2. The highest BCUT2D eigenvalue weighted by atomic mass is 35.5. The number of hydrogen-bond donors (Lipinski definition) is 1. The fourth-order valence-corrected chi connectivity index (χ4v) is 1.52. The van der Waals surface area contributed by atoms with E-state index in [1.807, 2.05) is 18.2 Å². The van der Waals surface area contributed by atoms with E-state index in [0.29, 0.717) is 5.41 Å². The van der Waals surface area contributed by atoms with Crippen molar-refractivity contribution >= 4 is 17.3 Å². The predicted octanol–water partition coefficient (Wildman–Crippen LogP) is 4.20. The summed E-state index contributed by atoms with van der Waals surface area (Å²) in [6.45, 7) is 7.59. The van der Waals surface area contributed by atoms with Gasteiger partial charge in [0.2, 0.25) is 0 Å². The molecular formula is C13H20ClNO. The molecule has 90 valence electrons. The molecule has 0 aliphatic heterocycles. The van der Waals surface area contributed by atoms with Crippen LogP contribution in [0.5, 0.6) is 5.75 Å². The standard InChI is InChI=1S/C13H20ClNO/c1-13(2,3)7-8-15-12-9-10(16-4)5-6-11(12)14/h5-6,9,15H,7-8H2,1-4H3. The van der Waals surface area contributed by atoms with E-state index in [1.165, 1.54) is 0 Å². The topological polar surface area (TPSA) is 21.3 Å². The third kappa shape index (κ3) is 4.31. The average molecular weight is 242 g/mol. The molecule has 0 aliphatic rings. The molecule has 0 saturated carbocycles. The van der Waals surface area contributed by atoms with E-state index >= 15 is 0 Å². The van der Waals surface area contributed by atoms with Gasteiger partial charge in [0.15, 0.2) is 0 Å². The zero-order valence-electron chi connectivity index (χ0n) is 10.4. The van der Waals surface area contributed by atoms with E-state index < -0.39 is 0 Å². The Morgan fingerprint density at radius 3 is 2.56 bits per heavy atom. The van der Waals surface area contributed by atoms with E-state index in [2.05, 4.69) is 26.1 Å². The highest BCUT2D eigenvalue weighted by Crippen LogP contribution is 2.27. The van der Waals surface area contributed by atoms with Crippen molar-refractivity contribution in [1.82, 2.24) is 0 Å². The number of ether oxygens (including phenoxy) is 1. The summed E-state index contributed by atoms with van der Waals surface area (Å²) in [5.74, 6) is 0.822. The Kier molecular flexibility index (Phi) is 4.48. The van der Waals surface area contributed by atoms with Gasteiger partial charge in [0.1, 0.15) is 5.75 Å².